The lowest BCUT2D eigenvalue weighted by molar-refractivity contribution is 0.0464. The smallest absolute Gasteiger partial charge is 0.407 e. The molecular formula is C18H25Cl2NO3. The molecule has 0 heterocycles. The quantitative estimate of drug-likeness (QED) is 0.807. The fourth-order valence-electron chi connectivity index (χ4n) is 3.24. The number of carbonyl (C=O) groups is 1. The zero-order chi connectivity index (χ0) is 18.0. The molecule has 2 rings (SSSR count). The first-order chi connectivity index (χ1) is 11.1. The van der Waals surface area contributed by atoms with Gasteiger partial charge in [0.25, 0.3) is 0 Å². The largest absolute Gasteiger partial charge is 0.444 e. The normalized spacial score (nSPS) is 24.5. The number of aliphatic hydroxyl groups excluding tert-OH is 1. The number of aliphatic hydroxyl groups is 1. The molecule has 1 aliphatic rings. The molecule has 24 heavy (non-hydrogen) atoms. The molecular weight excluding hydrogens is 349 g/mol. The molecule has 1 amide bonds. The molecule has 2 N–H and O–H groups in total. The van der Waals surface area contributed by atoms with Gasteiger partial charge >= 0.3 is 6.09 Å². The fraction of sp³-hybridized carbons (Fsp3) is 0.611. The zero-order valence-electron chi connectivity index (χ0n) is 14.4. The maximum Gasteiger partial charge on any atom is 0.407 e. The van der Waals surface area contributed by atoms with Crippen molar-refractivity contribution in [3.05, 3.63) is 33.8 Å². The number of alkyl carbamates (subject to hydrolysis) is 1. The van der Waals surface area contributed by atoms with E-state index in [-0.39, 0.29) is 5.41 Å². The number of ether oxygens (including phenoxy) is 1. The first kappa shape index (κ1) is 19.4. The Bertz CT molecular complexity index is 600. The predicted octanol–water partition coefficient (Wildman–Crippen LogP) is 4.69. The molecule has 1 saturated carbocycles. The highest BCUT2D eigenvalue weighted by molar-refractivity contribution is 6.42. The third-order valence-electron chi connectivity index (χ3n) is 4.32. The average Bonchev–Trinajstić information content (AvgIpc) is 2.46. The third-order valence-corrected chi connectivity index (χ3v) is 5.06. The van der Waals surface area contributed by atoms with E-state index in [0.29, 0.717) is 23.0 Å². The Labute approximate surface area is 153 Å². The second kappa shape index (κ2) is 7.51. The van der Waals surface area contributed by atoms with Crippen LogP contribution in [0.3, 0.4) is 0 Å². The number of hydrogen-bond acceptors (Lipinski definition) is 3. The molecule has 0 saturated heterocycles. The van der Waals surface area contributed by atoms with Crippen LogP contribution in [-0.2, 0) is 10.2 Å². The molecule has 2 atom stereocenters. The van der Waals surface area contributed by atoms with Crippen LogP contribution in [0.15, 0.2) is 18.2 Å². The van der Waals surface area contributed by atoms with Crippen LogP contribution < -0.4 is 5.32 Å². The fourth-order valence-corrected chi connectivity index (χ4v) is 3.54. The van der Waals surface area contributed by atoms with Crippen molar-refractivity contribution in [2.75, 3.05) is 6.54 Å². The van der Waals surface area contributed by atoms with E-state index in [4.69, 9.17) is 27.9 Å². The van der Waals surface area contributed by atoms with E-state index in [0.717, 1.165) is 24.8 Å². The molecule has 1 aromatic carbocycles. The number of hydrogen-bond donors (Lipinski definition) is 2. The van der Waals surface area contributed by atoms with Gasteiger partial charge in [-0.25, -0.2) is 4.79 Å². The lowest BCUT2D eigenvalue weighted by Crippen LogP contribution is -2.46. The second-order valence-electron chi connectivity index (χ2n) is 7.51. The summed E-state index contributed by atoms with van der Waals surface area (Å²) in [7, 11) is 0. The molecule has 6 heteroatoms. The molecule has 4 nitrogen and oxygen atoms in total. The van der Waals surface area contributed by atoms with E-state index in [1.54, 1.807) is 6.07 Å². The standard InChI is InChI=1S/C18H25Cl2NO3/c1-17(2,3)24-16(23)21-11-18(8-4-5-13(22)10-18)12-6-7-14(19)15(20)9-12/h6-7,9,13,22H,4-5,8,10-11H2,1-3H3,(H,21,23)/t13-,18+/m0/s1. The summed E-state index contributed by atoms with van der Waals surface area (Å²) in [6.07, 6.45) is 2.24. The molecule has 1 aromatic rings. The summed E-state index contributed by atoms with van der Waals surface area (Å²) in [5.41, 5.74) is 0.0575. The Morgan fingerprint density at radius 2 is 2.08 bits per heavy atom. The van der Waals surface area contributed by atoms with Gasteiger partial charge in [0.1, 0.15) is 5.60 Å². The van der Waals surface area contributed by atoms with E-state index in [1.165, 1.54) is 0 Å². The zero-order valence-corrected chi connectivity index (χ0v) is 15.9. The number of amides is 1. The Morgan fingerprint density at radius 1 is 1.38 bits per heavy atom. The highest BCUT2D eigenvalue weighted by Crippen LogP contribution is 2.41. The lowest BCUT2D eigenvalue weighted by atomic mass is 9.68. The third kappa shape index (κ3) is 5.01. The maximum atomic E-state index is 12.0. The Morgan fingerprint density at radius 3 is 2.67 bits per heavy atom. The van der Waals surface area contributed by atoms with Gasteiger partial charge in [0.15, 0.2) is 0 Å². The first-order valence-corrected chi connectivity index (χ1v) is 8.97. The summed E-state index contributed by atoms with van der Waals surface area (Å²) in [4.78, 5) is 12.0. The molecule has 1 aliphatic carbocycles. The molecule has 134 valence electrons. The van der Waals surface area contributed by atoms with E-state index >= 15 is 0 Å². The van der Waals surface area contributed by atoms with Crippen LogP contribution in [0.5, 0.6) is 0 Å². The van der Waals surface area contributed by atoms with Gasteiger partial charge in [-0.2, -0.15) is 0 Å². The molecule has 0 spiro atoms. The van der Waals surface area contributed by atoms with Crippen molar-refractivity contribution in [3.63, 3.8) is 0 Å². The SMILES string of the molecule is CC(C)(C)OC(=O)NC[C@@]1(c2ccc(Cl)c(Cl)c2)CCC[C@H](O)C1. The number of nitrogens with one attached hydrogen (secondary N) is 1. The van der Waals surface area contributed by atoms with Crippen LogP contribution in [0, 0.1) is 0 Å². The number of halogens is 2. The van der Waals surface area contributed by atoms with Crippen LogP contribution >= 0.6 is 23.2 Å². The first-order valence-electron chi connectivity index (χ1n) is 8.22. The number of rotatable bonds is 3. The highest BCUT2D eigenvalue weighted by Gasteiger charge is 2.38. The van der Waals surface area contributed by atoms with E-state index in [1.807, 2.05) is 32.9 Å². The van der Waals surface area contributed by atoms with Crippen LogP contribution in [-0.4, -0.2) is 29.4 Å². The Hall–Kier alpha value is -0.970. The molecule has 0 unspecified atom stereocenters. The lowest BCUT2D eigenvalue weighted by Gasteiger charge is -2.40. The van der Waals surface area contributed by atoms with Gasteiger partial charge in [-0.15, -0.1) is 0 Å². The van der Waals surface area contributed by atoms with Gasteiger partial charge in [0, 0.05) is 12.0 Å². The summed E-state index contributed by atoms with van der Waals surface area (Å²) in [6, 6.07) is 5.51. The average molecular weight is 374 g/mol. The summed E-state index contributed by atoms with van der Waals surface area (Å²) in [6.45, 7) is 5.86. The van der Waals surface area contributed by atoms with Crippen molar-refractivity contribution in [1.29, 1.82) is 0 Å². The van der Waals surface area contributed by atoms with Crippen molar-refractivity contribution in [1.82, 2.24) is 5.32 Å². The van der Waals surface area contributed by atoms with Crippen molar-refractivity contribution in [2.45, 2.75) is 63.6 Å². The van der Waals surface area contributed by atoms with Crippen LogP contribution in [0.4, 0.5) is 4.79 Å². The van der Waals surface area contributed by atoms with Gasteiger partial charge in [-0.05, 0) is 64.2 Å². The second-order valence-corrected chi connectivity index (χ2v) is 8.33. The number of carbonyl (C=O) groups excluding carboxylic acids is 1. The summed E-state index contributed by atoms with van der Waals surface area (Å²) >= 11 is 12.2. The Kier molecular flexibility index (Phi) is 6.05. The van der Waals surface area contributed by atoms with Crippen LogP contribution in [0.25, 0.3) is 0 Å². The van der Waals surface area contributed by atoms with E-state index < -0.39 is 17.8 Å². The minimum Gasteiger partial charge on any atom is -0.444 e. The molecule has 1 fully saturated rings. The summed E-state index contributed by atoms with van der Waals surface area (Å²) in [5, 5.41) is 14.0. The van der Waals surface area contributed by atoms with Crippen molar-refractivity contribution in [2.24, 2.45) is 0 Å². The predicted molar refractivity (Wildman–Crippen MR) is 96.9 cm³/mol. The van der Waals surface area contributed by atoms with Crippen LogP contribution in [0.1, 0.15) is 52.0 Å². The van der Waals surface area contributed by atoms with Gasteiger partial charge in [0.2, 0.25) is 0 Å². The highest BCUT2D eigenvalue weighted by atomic mass is 35.5. The summed E-state index contributed by atoms with van der Waals surface area (Å²) < 4.78 is 5.32. The monoisotopic (exact) mass is 373 g/mol. The summed E-state index contributed by atoms with van der Waals surface area (Å²) in [5.74, 6) is 0. The van der Waals surface area contributed by atoms with Crippen LogP contribution in [0.2, 0.25) is 10.0 Å². The maximum absolute atomic E-state index is 12.0. The molecule has 0 aliphatic heterocycles. The molecule has 0 radical (unpaired) electrons. The van der Waals surface area contributed by atoms with Gasteiger partial charge in [-0.3, -0.25) is 0 Å². The van der Waals surface area contributed by atoms with Gasteiger partial charge in [-0.1, -0.05) is 29.3 Å². The minimum atomic E-state index is -0.549. The van der Waals surface area contributed by atoms with E-state index in [2.05, 4.69) is 5.32 Å². The number of benzene rings is 1. The molecule has 0 bridgehead atoms. The van der Waals surface area contributed by atoms with E-state index in [9.17, 15) is 9.90 Å². The van der Waals surface area contributed by atoms with Crippen molar-refractivity contribution < 1.29 is 14.6 Å². The minimum absolute atomic E-state index is 0.372. The molecule has 0 aromatic heterocycles. The van der Waals surface area contributed by atoms with Crippen molar-refractivity contribution in [3.8, 4) is 0 Å². The van der Waals surface area contributed by atoms with Gasteiger partial charge in [0.05, 0.1) is 16.1 Å². The van der Waals surface area contributed by atoms with Gasteiger partial charge < -0.3 is 15.2 Å². The van der Waals surface area contributed by atoms with Crippen molar-refractivity contribution >= 4 is 29.3 Å². The topological polar surface area (TPSA) is 58.6 Å². The Balaban J connectivity index is 2.21.